The van der Waals surface area contributed by atoms with Crippen LogP contribution < -0.4 is 10.8 Å². The third kappa shape index (κ3) is 4.66. The third-order valence-corrected chi connectivity index (χ3v) is 5.30. The summed E-state index contributed by atoms with van der Waals surface area (Å²) in [7, 11) is -4.82. The molecule has 13 heteroatoms. The van der Waals surface area contributed by atoms with Crippen molar-refractivity contribution in [3.05, 3.63) is 0 Å². The van der Waals surface area contributed by atoms with Gasteiger partial charge in [0.1, 0.15) is 6.04 Å². The van der Waals surface area contributed by atoms with Crippen LogP contribution in [0.4, 0.5) is 4.79 Å². The monoisotopic (exact) mass is 403 g/mol. The van der Waals surface area contributed by atoms with Gasteiger partial charge in [0.25, 0.3) is 5.91 Å². The minimum Gasteiger partial charge on any atom is -0.311 e. The van der Waals surface area contributed by atoms with Crippen LogP contribution in [0.2, 0.25) is 0 Å². The maximum Gasteiger partial charge on any atom is 0.418 e. The van der Waals surface area contributed by atoms with Gasteiger partial charge in [-0.05, 0) is 31.7 Å². The quantitative estimate of drug-likeness (QED) is 0.355. The van der Waals surface area contributed by atoms with E-state index in [0.29, 0.717) is 24.3 Å². The van der Waals surface area contributed by atoms with Crippen LogP contribution in [-0.2, 0) is 24.3 Å². The van der Waals surface area contributed by atoms with Crippen molar-refractivity contribution in [3.63, 3.8) is 0 Å². The molecular weight excluding hydrogens is 382 g/mol. The van der Waals surface area contributed by atoms with Crippen molar-refractivity contribution in [2.45, 2.75) is 43.8 Å². The molecule has 0 saturated carbocycles. The summed E-state index contributed by atoms with van der Waals surface area (Å²) >= 11 is 0. The predicted molar refractivity (Wildman–Crippen MR) is 87.6 cm³/mol. The van der Waals surface area contributed by atoms with E-state index >= 15 is 0 Å². The number of carbonyl (C=O) groups is 2. The molecule has 0 aromatic rings. The smallest absolute Gasteiger partial charge is 0.311 e. The summed E-state index contributed by atoms with van der Waals surface area (Å²) in [5, 5.41) is 12.5. The van der Waals surface area contributed by atoms with Crippen LogP contribution in [0.25, 0.3) is 0 Å². The predicted octanol–water partition coefficient (Wildman–Crippen LogP) is -1.07. The van der Waals surface area contributed by atoms with Gasteiger partial charge in [-0.15, -0.1) is 4.28 Å². The van der Waals surface area contributed by atoms with Crippen molar-refractivity contribution in [2.24, 2.45) is 5.92 Å². The molecule has 3 N–H and O–H groups in total. The second kappa shape index (κ2) is 7.95. The molecule has 3 amide bonds. The van der Waals surface area contributed by atoms with Crippen molar-refractivity contribution < 1.29 is 31.7 Å². The summed E-state index contributed by atoms with van der Waals surface area (Å²) in [6.07, 6.45) is 1.90. The molecule has 12 nitrogen and oxygen atoms in total. The largest absolute Gasteiger partial charge is 0.418 e. The van der Waals surface area contributed by atoms with Crippen molar-refractivity contribution in [1.82, 2.24) is 20.8 Å². The van der Waals surface area contributed by atoms with Gasteiger partial charge in [0.15, 0.2) is 0 Å². The Morgan fingerprint density at radius 3 is 2.93 bits per heavy atom. The second-order valence-electron chi connectivity index (χ2n) is 6.86. The molecular formula is C14H21N5O7S. The van der Waals surface area contributed by atoms with Crippen LogP contribution >= 0.6 is 0 Å². The molecule has 3 fully saturated rings. The van der Waals surface area contributed by atoms with E-state index < -0.39 is 34.4 Å². The average molecular weight is 403 g/mol. The van der Waals surface area contributed by atoms with E-state index in [1.165, 1.54) is 4.90 Å². The molecule has 0 aliphatic carbocycles. The molecule has 0 radical (unpaired) electrons. The van der Waals surface area contributed by atoms with Gasteiger partial charge < -0.3 is 10.2 Å². The lowest BCUT2D eigenvalue weighted by Crippen LogP contribution is -2.50. The minimum absolute atomic E-state index is 0.0338. The molecule has 3 aliphatic heterocycles. The molecule has 150 valence electrons. The fourth-order valence-electron chi connectivity index (χ4n) is 3.70. The van der Waals surface area contributed by atoms with E-state index in [9.17, 15) is 18.0 Å². The highest BCUT2D eigenvalue weighted by Gasteiger charge is 2.49. The number of fused-ring (bicyclic) bond motifs is 2. The normalized spacial score (nSPS) is 30.4. The number of hydrogen-bond acceptors (Lipinski definition) is 8. The van der Waals surface area contributed by atoms with E-state index in [-0.39, 0.29) is 25.1 Å². The Hall–Kier alpha value is -1.98. The molecule has 0 aromatic carbocycles. The molecule has 2 unspecified atom stereocenters. The van der Waals surface area contributed by atoms with Gasteiger partial charge in [0, 0.05) is 19.0 Å². The van der Waals surface area contributed by atoms with E-state index in [0.717, 1.165) is 13.0 Å². The maximum atomic E-state index is 12.3. The van der Waals surface area contributed by atoms with Gasteiger partial charge in [-0.25, -0.2) is 10.3 Å². The Morgan fingerprint density at radius 1 is 1.44 bits per heavy atom. The van der Waals surface area contributed by atoms with Crippen molar-refractivity contribution in [2.75, 3.05) is 19.7 Å². The molecule has 4 atom stereocenters. The number of urea groups is 1. The minimum atomic E-state index is -4.82. The molecule has 2 bridgehead atoms. The number of nitrogens with zero attached hydrogens (tertiary/aromatic N) is 3. The van der Waals surface area contributed by atoms with Gasteiger partial charge >= 0.3 is 16.4 Å². The molecule has 0 aromatic heterocycles. The number of piperidine rings is 1. The molecule has 3 heterocycles. The van der Waals surface area contributed by atoms with Gasteiger partial charge in [-0.2, -0.15) is 18.7 Å². The SMILES string of the molecule is N#CC[C@@H]1CN[C@H](CONC(=O)C2CCC3CN2C(=O)N3OS(=O)(=O)O)C1. The van der Waals surface area contributed by atoms with E-state index in [2.05, 4.69) is 21.1 Å². The Labute approximate surface area is 156 Å². The summed E-state index contributed by atoms with van der Waals surface area (Å²) in [6, 6.07) is -0.00124. The van der Waals surface area contributed by atoms with Crippen molar-refractivity contribution in [3.8, 4) is 6.07 Å². The number of nitriles is 1. The number of carbonyl (C=O) groups excluding carboxylic acids is 2. The van der Waals surface area contributed by atoms with E-state index in [1.54, 1.807) is 0 Å². The number of rotatable bonds is 7. The molecule has 27 heavy (non-hydrogen) atoms. The topological polar surface area (TPSA) is 161 Å². The summed E-state index contributed by atoms with van der Waals surface area (Å²) in [5.74, 6) is -0.243. The molecule has 3 aliphatic rings. The van der Waals surface area contributed by atoms with Gasteiger partial charge in [-0.3, -0.25) is 14.2 Å². The van der Waals surface area contributed by atoms with Crippen molar-refractivity contribution >= 4 is 22.3 Å². The molecule has 3 saturated heterocycles. The fraction of sp³-hybridized carbons (Fsp3) is 0.786. The first-order chi connectivity index (χ1) is 12.8. The first-order valence-corrected chi connectivity index (χ1v) is 9.94. The Kier molecular flexibility index (Phi) is 5.82. The Balaban J connectivity index is 1.47. The summed E-state index contributed by atoms with van der Waals surface area (Å²) in [6.45, 7) is 1.08. The number of hydroxylamine groups is 3. The second-order valence-corrected chi connectivity index (χ2v) is 7.86. The highest BCUT2D eigenvalue weighted by atomic mass is 32.3. The first kappa shape index (κ1) is 19.8. The van der Waals surface area contributed by atoms with Crippen LogP contribution in [0, 0.1) is 17.2 Å². The van der Waals surface area contributed by atoms with Crippen LogP contribution in [-0.4, -0.2) is 72.7 Å². The molecule has 3 rings (SSSR count). The van der Waals surface area contributed by atoms with Crippen LogP contribution in [0.5, 0.6) is 0 Å². The third-order valence-electron chi connectivity index (χ3n) is 4.95. The lowest BCUT2D eigenvalue weighted by atomic mass is 10.0. The average Bonchev–Trinajstić information content (AvgIpc) is 3.13. The van der Waals surface area contributed by atoms with Crippen LogP contribution in [0.3, 0.4) is 0 Å². The Bertz CT molecular complexity index is 739. The highest BCUT2D eigenvalue weighted by molar-refractivity contribution is 7.80. The summed E-state index contributed by atoms with van der Waals surface area (Å²) < 4.78 is 34.8. The van der Waals surface area contributed by atoms with Gasteiger partial charge in [0.05, 0.1) is 18.7 Å². The highest BCUT2D eigenvalue weighted by Crippen LogP contribution is 2.30. The number of hydrogen-bond donors (Lipinski definition) is 3. The number of nitrogens with one attached hydrogen (secondary N) is 2. The Morgan fingerprint density at radius 2 is 2.22 bits per heavy atom. The fourth-order valence-corrected chi connectivity index (χ4v) is 4.09. The maximum absolute atomic E-state index is 12.3. The van der Waals surface area contributed by atoms with Crippen LogP contribution in [0.1, 0.15) is 25.7 Å². The standard InChI is InChI=1S/C14H21N5O7S/c15-4-3-9-5-10(16-6-9)8-25-17-13(20)12-2-1-11-7-18(12)14(21)19(11)26-27(22,23)24/h9-12,16H,1-3,5-8H2,(H,17,20)(H,22,23,24)/t9-,10-,11?,12?/m0/s1. The van der Waals surface area contributed by atoms with Crippen molar-refractivity contribution in [1.29, 1.82) is 5.26 Å². The van der Waals surface area contributed by atoms with Gasteiger partial charge in [0.2, 0.25) is 0 Å². The first-order valence-electron chi connectivity index (χ1n) is 8.57. The lowest BCUT2D eigenvalue weighted by molar-refractivity contribution is -0.139. The summed E-state index contributed by atoms with van der Waals surface area (Å²) in [4.78, 5) is 31.0. The zero-order valence-electron chi connectivity index (χ0n) is 14.4. The lowest BCUT2D eigenvalue weighted by Gasteiger charge is -2.29. The summed E-state index contributed by atoms with van der Waals surface area (Å²) in [5.41, 5.74) is 2.33. The van der Waals surface area contributed by atoms with Crippen LogP contribution in [0.15, 0.2) is 0 Å². The molecule has 0 spiro atoms. The zero-order chi connectivity index (χ0) is 19.6. The zero-order valence-corrected chi connectivity index (χ0v) is 15.2. The number of amides is 3. The van der Waals surface area contributed by atoms with Gasteiger partial charge in [-0.1, -0.05) is 0 Å². The van der Waals surface area contributed by atoms with E-state index in [1.807, 2.05) is 0 Å². The van der Waals surface area contributed by atoms with E-state index in [4.69, 9.17) is 14.7 Å².